The van der Waals surface area contributed by atoms with E-state index in [1.54, 1.807) is 4.90 Å². The number of aryl methyl sites for hydroxylation is 3. The molecule has 35 heavy (non-hydrogen) atoms. The molecule has 0 atom stereocenters. The highest BCUT2D eigenvalue weighted by molar-refractivity contribution is 6.09. The summed E-state index contributed by atoms with van der Waals surface area (Å²) < 4.78 is 13.1. The summed E-state index contributed by atoms with van der Waals surface area (Å²) in [5, 5.41) is 0. The zero-order chi connectivity index (χ0) is 24.7. The number of nitrogens with zero attached hydrogens (tertiary/aromatic N) is 4. The molecule has 0 bridgehead atoms. The lowest BCUT2D eigenvalue weighted by molar-refractivity contribution is -0.120. The molecule has 1 amide bonds. The van der Waals surface area contributed by atoms with Crippen LogP contribution in [0.1, 0.15) is 52.8 Å². The number of fused-ring (bicyclic) bond motifs is 1. The van der Waals surface area contributed by atoms with Crippen LogP contribution in [0.2, 0.25) is 0 Å². The van der Waals surface area contributed by atoms with Gasteiger partial charge in [0.05, 0.1) is 5.69 Å². The average molecular weight is 473 g/mol. The Morgan fingerprint density at radius 2 is 1.63 bits per heavy atom. The molecule has 1 spiro atoms. The summed E-state index contributed by atoms with van der Waals surface area (Å²) >= 11 is 0. The van der Waals surface area contributed by atoms with Crippen molar-refractivity contribution in [1.82, 2.24) is 9.97 Å². The molecule has 2 aromatic carbocycles. The number of anilines is 2. The second-order valence-corrected chi connectivity index (χ2v) is 9.49. The number of rotatable bonds is 7. The molecule has 1 aromatic heterocycles. The third kappa shape index (κ3) is 4.20. The lowest BCUT2D eigenvalue weighted by atomic mass is 10.0. The first-order chi connectivity index (χ1) is 16.8. The van der Waals surface area contributed by atoms with Crippen molar-refractivity contribution in [2.24, 2.45) is 0 Å². The van der Waals surface area contributed by atoms with Gasteiger partial charge in [-0.05, 0) is 61.1 Å². The second kappa shape index (κ2) is 8.87. The quantitative estimate of drug-likeness (QED) is 0.479. The Bertz CT molecular complexity index is 1280. The van der Waals surface area contributed by atoms with Gasteiger partial charge in [-0.3, -0.25) is 9.59 Å². The molecule has 3 aromatic rings. The minimum Gasteiger partial charge on any atom is -0.343 e. The van der Waals surface area contributed by atoms with Crippen molar-refractivity contribution in [3.05, 3.63) is 82.6 Å². The first-order valence-electron chi connectivity index (χ1n) is 12.1. The Kier molecular flexibility index (Phi) is 5.87. The lowest BCUT2D eigenvalue weighted by Crippen LogP contribution is -2.53. The summed E-state index contributed by atoms with van der Waals surface area (Å²) in [4.78, 5) is 38.9. The fourth-order valence-corrected chi connectivity index (χ4v) is 4.90. The number of ketones is 1. The van der Waals surface area contributed by atoms with Crippen molar-refractivity contribution in [3.63, 3.8) is 0 Å². The Balaban J connectivity index is 1.28. The van der Waals surface area contributed by atoms with Gasteiger partial charge in [0.2, 0.25) is 0 Å². The molecule has 180 valence electrons. The van der Waals surface area contributed by atoms with E-state index in [1.807, 2.05) is 38.4 Å². The summed E-state index contributed by atoms with van der Waals surface area (Å²) in [6.07, 6.45) is 4.20. The van der Waals surface area contributed by atoms with Crippen molar-refractivity contribution in [1.29, 1.82) is 0 Å². The minimum atomic E-state index is -0.431. The van der Waals surface area contributed by atoms with E-state index in [1.165, 1.54) is 24.3 Å². The zero-order valence-electron chi connectivity index (χ0n) is 20.3. The summed E-state index contributed by atoms with van der Waals surface area (Å²) in [7, 11) is 3.80. The van der Waals surface area contributed by atoms with Gasteiger partial charge in [0.15, 0.2) is 11.6 Å². The van der Waals surface area contributed by atoms with Crippen molar-refractivity contribution < 1.29 is 14.0 Å². The normalized spacial score (nSPS) is 15.9. The van der Waals surface area contributed by atoms with Crippen molar-refractivity contribution in [3.8, 4) is 0 Å². The van der Waals surface area contributed by atoms with E-state index >= 15 is 0 Å². The Labute approximate surface area is 204 Å². The van der Waals surface area contributed by atoms with Crippen LogP contribution in [0, 0.1) is 5.82 Å². The van der Waals surface area contributed by atoms with E-state index in [0.29, 0.717) is 12.0 Å². The van der Waals surface area contributed by atoms with Crippen molar-refractivity contribution in [2.75, 3.05) is 23.9 Å². The van der Waals surface area contributed by atoms with Crippen LogP contribution in [0.25, 0.3) is 0 Å². The molecule has 0 N–H and O–H groups in total. The van der Waals surface area contributed by atoms with Crippen LogP contribution in [-0.4, -0.2) is 41.3 Å². The van der Waals surface area contributed by atoms with Gasteiger partial charge in [-0.1, -0.05) is 31.2 Å². The molecule has 6 nitrogen and oxygen atoms in total. The van der Waals surface area contributed by atoms with Crippen molar-refractivity contribution in [2.45, 2.75) is 51.0 Å². The largest absolute Gasteiger partial charge is 0.343 e. The average Bonchev–Trinajstić information content (AvgIpc) is 3.68. The summed E-state index contributed by atoms with van der Waals surface area (Å²) in [5.41, 5.74) is 3.87. The minimum absolute atomic E-state index is 0.0340. The van der Waals surface area contributed by atoms with Gasteiger partial charge >= 0.3 is 0 Å². The first-order valence-corrected chi connectivity index (χ1v) is 12.1. The van der Waals surface area contributed by atoms with Crippen LogP contribution in [0.3, 0.4) is 0 Å². The number of carbonyl (C=O) groups is 2. The van der Waals surface area contributed by atoms with Crippen molar-refractivity contribution >= 4 is 23.2 Å². The summed E-state index contributed by atoms with van der Waals surface area (Å²) in [5.74, 6) is 1.38. The standard InChI is InChI=1S/C28H29FN4O2/c1-4-22-25-26(33(3)28(15-16-28)27(35)32(25)2)31-24(30-22)14-9-18-5-7-19(8-6-18)17-23(34)20-10-12-21(29)13-11-20/h5-8,10-13H,4,9,14-17H2,1-3H3. The first kappa shape index (κ1) is 23.1. The van der Waals surface area contributed by atoms with E-state index in [9.17, 15) is 14.0 Å². The Hall–Kier alpha value is -3.61. The van der Waals surface area contributed by atoms with Gasteiger partial charge < -0.3 is 9.80 Å². The van der Waals surface area contributed by atoms with E-state index < -0.39 is 5.54 Å². The number of amides is 1. The highest BCUT2D eigenvalue weighted by atomic mass is 19.1. The molecule has 0 radical (unpaired) electrons. The van der Waals surface area contributed by atoms with E-state index in [2.05, 4.69) is 11.8 Å². The Morgan fingerprint density at radius 3 is 2.26 bits per heavy atom. The molecular weight excluding hydrogens is 443 g/mol. The molecular formula is C28H29FN4O2. The second-order valence-electron chi connectivity index (χ2n) is 9.49. The predicted molar refractivity (Wildman–Crippen MR) is 133 cm³/mol. The lowest BCUT2D eigenvalue weighted by Gasteiger charge is -2.40. The van der Waals surface area contributed by atoms with E-state index in [0.717, 1.165) is 59.8 Å². The molecule has 1 saturated carbocycles. The van der Waals surface area contributed by atoms with Crippen LogP contribution < -0.4 is 9.80 Å². The number of halogens is 1. The maximum Gasteiger partial charge on any atom is 0.252 e. The topological polar surface area (TPSA) is 66.4 Å². The highest BCUT2D eigenvalue weighted by Gasteiger charge is 2.58. The third-order valence-corrected chi connectivity index (χ3v) is 7.23. The number of Topliss-reactive ketones (excluding diaryl/α,β-unsaturated/α-hetero) is 1. The van der Waals surface area contributed by atoms with Crippen LogP contribution in [0.4, 0.5) is 15.9 Å². The monoisotopic (exact) mass is 472 g/mol. The molecule has 2 heterocycles. The fourth-order valence-electron chi connectivity index (χ4n) is 4.90. The Morgan fingerprint density at radius 1 is 0.971 bits per heavy atom. The molecule has 1 aliphatic heterocycles. The number of hydrogen-bond acceptors (Lipinski definition) is 5. The maximum atomic E-state index is 13.1. The number of aromatic nitrogens is 2. The summed E-state index contributed by atoms with van der Waals surface area (Å²) in [6, 6.07) is 13.6. The SMILES string of the molecule is CCc1nc(CCc2ccc(CC(=O)c3ccc(F)cc3)cc2)nc2c1N(C)C(=O)C1(CC1)N2C. The molecule has 7 heteroatoms. The van der Waals surface area contributed by atoms with E-state index in [4.69, 9.17) is 9.97 Å². The number of benzene rings is 2. The molecule has 0 saturated heterocycles. The van der Waals surface area contributed by atoms with Crippen LogP contribution in [0.15, 0.2) is 48.5 Å². The van der Waals surface area contributed by atoms with Gasteiger partial charge in [-0.2, -0.15) is 0 Å². The highest BCUT2D eigenvalue weighted by Crippen LogP contribution is 2.51. The van der Waals surface area contributed by atoms with Crippen LogP contribution >= 0.6 is 0 Å². The molecule has 0 unspecified atom stereocenters. The number of likely N-dealkylation sites (N-methyl/N-ethyl adjacent to an activating group) is 2. The van der Waals surface area contributed by atoms with Gasteiger partial charge in [0.1, 0.15) is 22.9 Å². The van der Waals surface area contributed by atoms with Gasteiger partial charge in [0.25, 0.3) is 5.91 Å². The summed E-state index contributed by atoms with van der Waals surface area (Å²) in [6.45, 7) is 2.05. The number of carbonyl (C=O) groups excluding carboxylic acids is 2. The smallest absolute Gasteiger partial charge is 0.252 e. The predicted octanol–water partition coefficient (Wildman–Crippen LogP) is 4.33. The molecule has 1 aliphatic carbocycles. The maximum absolute atomic E-state index is 13.1. The molecule has 5 rings (SSSR count). The zero-order valence-corrected chi connectivity index (χ0v) is 20.3. The number of hydrogen-bond donors (Lipinski definition) is 0. The van der Waals surface area contributed by atoms with Gasteiger partial charge in [0, 0.05) is 32.5 Å². The van der Waals surface area contributed by atoms with Gasteiger partial charge in [-0.25, -0.2) is 14.4 Å². The van der Waals surface area contributed by atoms with E-state index in [-0.39, 0.29) is 23.9 Å². The van der Waals surface area contributed by atoms with Gasteiger partial charge in [-0.15, -0.1) is 0 Å². The molecule has 2 aliphatic rings. The van der Waals surface area contributed by atoms with Crippen LogP contribution in [-0.2, 0) is 30.5 Å². The third-order valence-electron chi connectivity index (χ3n) is 7.23. The molecule has 1 fully saturated rings. The van der Waals surface area contributed by atoms with Crippen LogP contribution in [0.5, 0.6) is 0 Å². The fraction of sp³-hybridized carbons (Fsp3) is 0.357.